The van der Waals surface area contributed by atoms with Gasteiger partial charge >= 0.3 is 0 Å². The van der Waals surface area contributed by atoms with E-state index in [0.29, 0.717) is 48.0 Å². The van der Waals surface area contributed by atoms with Gasteiger partial charge in [0.25, 0.3) is 11.8 Å². The molecule has 8 heteroatoms. The van der Waals surface area contributed by atoms with Crippen LogP contribution in [-0.2, 0) is 0 Å². The average molecular weight is 457 g/mol. The van der Waals surface area contributed by atoms with Crippen LogP contribution in [0.15, 0.2) is 42.5 Å². The standard InChI is InChI=1S/C24H28N2O5S/c1-29-18-6-4-5-17(15-18)22(27)26-13-14-32-24(26)9-11-25(12-10-24)23(28)20-8-7-19(30-2)16-21(20)31-3/h4-8,15-16H,9-14H2,1-3H3. The van der Waals surface area contributed by atoms with Gasteiger partial charge in [-0.3, -0.25) is 9.59 Å². The zero-order valence-electron chi connectivity index (χ0n) is 18.6. The molecule has 0 bridgehead atoms. The predicted molar refractivity (Wildman–Crippen MR) is 124 cm³/mol. The van der Waals surface area contributed by atoms with Crippen molar-refractivity contribution in [3.05, 3.63) is 53.6 Å². The number of rotatable bonds is 5. The summed E-state index contributed by atoms with van der Waals surface area (Å²) in [5, 5.41) is 0. The van der Waals surface area contributed by atoms with E-state index in [1.165, 1.54) is 0 Å². The first-order chi connectivity index (χ1) is 15.5. The minimum absolute atomic E-state index is 0.0190. The van der Waals surface area contributed by atoms with Crippen LogP contribution in [0.25, 0.3) is 0 Å². The lowest BCUT2D eigenvalue weighted by Gasteiger charge is -2.44. The van der Waals surface area contributed by atoms with Crippen LogP contribution in [0, 0.1) is 0 Å². The molecular formula is C24H28N2O5S. The molecule has 170 valence electrons. The van der Waals surface area contributed by atoms with E-state index in [1.807, 2.05) is 39.8 Å². The second kappa shape index (κ2) is 9.32. The first kappa shape index (κ1) is 22.3. The van der Waals surface area contributed by atoms with Crippen molar-refractivity contribution >= 4 is 23.6 Å². The molecule has 0 aliphatic carbocycles. The van der Waals surface area contributed by atoms with Gasteiger partial charge in [-0.2, -0.15) is 0 Å². The summed E-state index contributed by atoms with van der Waals surface area (Å²) in [6.45, 7) is 1.88. The van der Waals surface area contributed by atoms with E-state index in [0.717, 1.165) is 18.6 Å². The van der Waals surface area contributed by atoms with Crippen molar-refractivity contribution in [2.45, 2.75) is 17.7 Å². The summed E-state index contributed by atoms with van der Waals surface area (Å²) in [4.78, 5) is 30.1. The normalized spacial score (nSPS) is 17.3. The number of benzene rings is 2. The largest absolute Gasteiger partial charge is 0.497 e. The molecule has 2 saturated heterocycles. The molecule has 0 unspecified atom stereocenters. The molecule has 2 aliphatic heterocycles. The van der Waals surface area contributed by atoms with Crippen LogP contribution in [-0.4, -0.2) is 73.2 Å². The van der Waals surface area contributed by atoms with E-state index >= 15 is 0 Å². The number of carbonyl (C=O) groups is 2. The van der Waals surface area contributed by atoms with Gasteiger partial charge in [0.15, 0.2) is 0 Å². The van der Waals surface area contributed by atoms with Crippen LogP contribution in [0.4, 0.5) is 0 Å². The fraction of sp³-hybridized carbons (Fsp3) is 0.417. The van der Waals surface area contributed by atoms with Crippen molar-refractivity contribution in [2.75, 3.05) is 46.7 Å². The highest BCUT2D eigenvalue weighted by atomic mass is 32.2. The Kier molecular flexibility index (Phi) is 6.50. The maximum Gasteiger partial charge on any atom is 0.257 e. The van der Waals surface area contributed by atoms with Crippen molar-refractivity contribution < 1.29 is 23.8 Å². The molecule has 0 atom stereocenters. The van der Waals surface area contributed by atoms with Crippen LogP contribution in [0.2, 0.25) is 0 Å². The van der Waals surface area contributed by atoms with Gasteiger partial charge in [-0.15, -0.1) is 11.8 Å². The van der Waals surface area contributed by atoms with Crippen LogP contribution in [0.5, 0.6) is 17.2 Å². The van der Waals surface area contributed by atoms with Gasteiger partial charge < -0.3 is 24.0 Å². The van der Waals surface area contributed by atoms with Crippen molar-refractivity contribution in [1.82, 2.24) is 9.80 Å². The average Bonchev–Trinajstić information content (AvgIpc) is 3.25. The Morgan fingerprint density at radius 3 is 2.28 bits per heavy atom. The highest BCUT2D eigenvalue weighted by molar-refractivity contribution is 8.00. The Bertz CT molecular complexity index is 1000. The van der Waals surface area contributed by atoms with E-state index < -0.39 is 0 Å². The topological polar surface area (TPSA) is 68.3 Å². The number of likely N-dealkylation sites (tertiary alicyclic amines) is 1. The molecule has 2 fully saturated rings. The molecule has 2 aromatic carbocycles. The summed E-state index contributed by atoms with van der Waals surface area (Å²) >= 11 is 1.82. The number of ether oxygens (including phenoxy) is 3. The van der Waals surface area contributed by atoms with E-state index in [1.54, 1.807) is 45.6 Å². The highest BCUT2D eigenvalue weighted by Crippen LogP contribution is 2.45. The Hall–Kier alpha value is -2.87. The van der Waals surface area contributed by atoms with Crippen LogP contribution < -0.4 is 14.2 Å². The first-order valence-electron chi connectivity index (χ1n) is 10.6. The second-order valence-corrected chi connectivity index (χ2v) is 9.30. The number of carbonyl (C=O) groups excluding carboxylic acids is 2. The van der Waals surface area contributed by atoms with E-state index in [-0.39, 0.29) is 16.7 Å². The molecule has 32 heavy (non-hydrogen) atoms. The maximum atomic E-state index is 13.3. The van der Waals surface area contributed by atoms with Gasteiger partial charge in [0.05, 0.1) is 31.8 Å². The Balaban J connectivity index is 1.48. The molecule has 2 heterocycles. The molecule has 7 nitrogen and oxygen atoms in total. The highest BCUT2D eigenvalue weighted by Gasteiger charge is 2.47. The summed E-state index contributed by atoms with van der Waals surface area (Å²) in [5.41, 5.74) is 1.15. The quantitative estimate of drug-likeness (QED) is 0.686. The van der Waals surface area contributed by atoms with E-state index in [4.69, 9.17) is 14.2 Å². The molecule has 2 aromatic rings. The number of methoxy groups -OCH3 is 3. The number of hydrogen-bond acceptors (Lipinski definition) is 6. The van der Waals surface area contributed by atoms with Crippen LogP contribution in [0.1, 0.15) is 33.6 Å². The van der Waals surface area contributed by atoms with Gasteiger partial charge in [0.1, 0.15) is 17.2 Å². The lowest BCUT2D eigenvalue weighted by Crippen LogP contribution is -2.53. The SMILES string of the molecule is COc1cccc(C(=O)N2CCSC23CCN(C(=O)c2ccc(OC)cc2OC)CC3)c1. The third kappa shape index (κ3) is 4.11. The fourth-order valence-electron chi connectivity index (χ4n) is 4.43. The van der Waals surface area contributed by atoms with Crippen LogP contribution in [0.3, 0.4) is 0 Å². The molecule has 0 N–H and O–H groups in total. The van der Waals surface area contributed by atoms with Crippen molar-refractivity contribution in [3.8, 4) is 17.2 Å². The smallest absolute Gasteiger partial charge is 0.257 e. The third-order valence-corrected chi connectivity index (χ3v) is 7.76. The zero-order valence-corrected chi connectivity index (χ0v) is 19.4. The Morgan fingerprint density at radius 1 is 0.875 bits per heavy atom. The van der Waals surface area contributed by atoms with Crippen LogP contribution >= 0.6 is 11.8 Å². The zero-order chi connectivity index (χ0) is 22.7. The molecule has 2 aliphatic rings. The molecule has 0 aromatic heterocycles. The van der Waals surface area contributed by atoms with Gasteiger partial charge in [0, 0.05) is 37.0 Å². The minimum atomic E-state index is -0.277. The number of nitrogens with zero attached hydrogens (tertiary/aromatic N) is 2. The summed E-state index contributed by atoms with van der Waals surface area (Å²) in [6.07, 6.45) is 1.47. The van der Waals surface area contributed by atoms with Crippen molar-refractivity contribution in [2.24, 2.45) is 0 Å². The summed E-state index contributed by atoms with van der Waals surface area (Å²) in [7, 11) is 4.73. The van der Waals surface area contributed by atoms with Gasteiger partial charge in [-0.05, 0) is 43.2 Å². The van der Waals surface area contributed by atoms with E-state index in [9.17, 15) is 9.59 Å². The number of hydrogen-bond donors (Lipinski definition) is 0. The molecule has 2 amide bonds. The molecule has 1 spiro atoms. The summed E-state index contributed by atoms with van der Waals surface area (Å²) in [5.74, 6) is 2.67. The number of piperidine rings is 1. The third-order valence-electron chi connectivity index (χ3n) is 6.21. The molecule has 0 saturated carbocycles. The number of thioether (sulfide) groups is 1. The lowest BCUT2D eigenvalue weighted by atomic mass is 10.00. The number of amides is 2. The second-order valence-electron chi connectivity index (χ2n) is 7.84. The van der Waals surface area contributed by atoms with Gasteiger partial charge in [-0.25, -0.2) is 0 Å². The Morgan fingerprint density at radius 2 is 1.59 bits per heavy atom. The molecule has 4 rings (SSSR count). The molecule has 0 radical (unpaired) electrons. The van der Waals surface area contributed by atoms with Crippen molar-refractivity contribution in [1.29, 1.82) is 0 Å². The fourth-order valence-corrected chi connectivity index (χ4v) is 5.88. The lowest BCUT2D eigenvalue weighted by molar-refractivity contribution is 0.0496. The summed E-state index contributed by atoms with van der Waals surface area (Å²) < 4.78 is 15.9. The van der Waals surface area contributed by atoms with Gasteiger partial charge in [0.2, 0.25) is 0 Å². The maximum absolute atomic E-state index is 13.3. The predicted octanol–water partition coefficient (Wildman–Crippen LogP) is 3.53. The van der Waals surface area contributed by atoms with E-state index in [2.05, 4.69) is 0 Å². The Labute approximate surface area is 192 Å². The van der Waals surface area contributed by atoms with Crippen molar-refractivity contribution in [3.63, 3.8) is 0 Å². The summed E-state index contributed by atoms with van der Waals surface area (Å²) in [6, 6.07) is 12.5. The monoisotopic (exact) mass is 456 g/mol. The molecular weight excluding hydrogens is 428 g/mol. The first-order valence-corrected chi connectivity index (χ1v) is 11.6. The van der Waals surface area contributed by atoms with Gasteiger partial charge in [-0.1, -0.05) is 6.07 Å². The minimum Gasteiger partial charge on any atom is -0.497 e.